The van der Waals surface area contributed by atoms with Crippen LogP contribution in [0.5, 0.6) is 0 Å². The fourth-order valence-electron chi connectivity index (χ4n) is 3.38. The van der Waals surface area contributed by atoms with E-state index in [1.807, 2.05) is 0 Å². The lowest BCUT2D eigenvalue weighted by molar-refractivity contribution is 0.452. The number of halogens is 1. The molecule has 0 saturated heterocycles. The molecule has 0 aliphatic heterocycles. The van der Waals surface area contributed by atoms with Crippen molar-refractivity contribution < 1.29 is 0 Å². The molecular weight excluding hydrogens is 204 g/mol. The van der Waals surface area contributed by atoms with Crippen LogP contribution in [0, 0.1) is 5.92 Å². The van der Waals surface area contributed by atoms with Crippen molar-refractivity contribution in [3.8, 4) is 0 Å². The van der Waals surface area contributed by atoms with E-state index < -0.39 is 0 Å². The number of alkyl halides is 1. The summed E-state index contributed by atoms with van der Waals surface area (Å²) in [7, 11) is 0. The lowest BCUT2D eigenvalue weighted by atomic mass is 9.89. The molecule has 0 N–H and O–H groups in total. The average molecular weight is 221 g/mol. The fourth-order valence-corrected chi connectivity index (χ4v) is 3.75. The van der Waals surface area contributed by atoms with Crippen LogP contribution in [0.3, 0.4) is 0 Å². The van der Waals surface area contributed by atoms with Crippen molar-refractivity contribution in [2.75, 3.05) is 0 Å². The molecule has 2 aliphatic carbocycles. The Hall–Kier alpha value is -0.490. The molecule has 80 valence electrons. The Bertz CT molecular complexity index is 383. The quantitative estimate of drug-likeness (QED) is 0.568. The van der Waals surface area contributed by atoms with Gasteiger partial charge in [-0.2, -0.15) is 0 Å². The summed E-state index contributed by atoms with van der Waals surface area (Å²) in [4.78, 5) is 0. The van der Waals surface area contributed by atoms with Gasteiger partial charge in [0.05, 0.1) is 5.38 Å². The summed E-state index contributed by atoms with van der Waals surface area (Å²) in [5.41, 5.74) is 4.61. The molecule has 1 aromatic rings. The van der Waals surface area contributed by atoms with Crippen LogP contribution in [-0.2, 0) is 6.42 Å². The lowest BCUT2D eigenvalue weighted by Crippen LogP contribution is -2.04. The maximum atomic E-state index is 6.52. The minimum absolute atomic E-state index is 0.253. The highest BCUT2D eigenvalue weighted by atomic mass is 35.5. The monoisotopic (exact) mass is 220 g/mol. The third-order valence-electron chi connectivity index (χ3n) is 4.21. The number of aryl methyl sites for hydroxylation is 1. The molecule has 0 fully saturated rings. The number of hydrogen-bond donors (Lipinski definition) is 0. The molecule has 0 spiro atoms. The van der Waals surface area contributed by atoms with Crippen LogP contribution in [0.2, 0.25) is 0 Å². The van der Waals surface area contributed by atoms with Crippen molar-refractivity contribution in [1.82, 2.24) is 0 Å². The molecule has 2 aliphatic rings. The van der Waals surface area contributed by atoms with Gasteiger partial charge in [0.25, 0.3) is 0 Å². The van der Waals surface area contributed by atoms with Crippen LogP contribution in [-0.4, -0.2) is 0 Å². The van der Waals surface area contributed by atoms with Crippen molar-refractivity contribution in [3.63, 3.8) is 0 Å². The van der Waals surface area contributed by atoms with Crippen LogP contribution in [0.15, 0.2) is 18.2 Å². The van der Waals surface area contributed by atoms with Gasteiger partial charge < -0.3 is 0 Å². The predicted molar refractivity (Wildman–Crippen MR) is 64.5 cm³/mol. The molecule has 0 radical (unpaired) electrons. The van der Waals surface area contributed by atoms with Gasteiger partial charge in [-0.15, -0.1) is 11.6 Å². The summed E-state index contributed by atoms with van der Waals surface area (Å²) in [5, 5.41) is 0.253. The second-order valence-corrected chi connectivity index (χ2v) is 5.50. The van der Waals surface area contributed by atoms with E-state index in [4.69, 9.17) is 11.6 Å². The molecule has 0 heterocycles. The molecule has 1 aromatic carbocycles. The topological polar surface area (TPSA) is 0 Å². The third-order valence-corrected chi connectivity index (χ3v) is 4.84. The van der Waals surface area contributed by atoms with Gasteiger partial charge in [-0.1, -0.05) is 31.5 Å². The Morgan fingerprint density at radius 2 is 2.13 bits per heavy atom. The van der Waals surface area contributed by atoms with Gasteiger partial charge in [0, 0.05) is 0 Å². The number of rotatable bonds is 0. The molecule has 0 saturated carbocycles. The molecule has 3 unspecified atom stereocenters. The van der Waals surface area contributed by atoms with Gasteiger partial charge in [-0.25, -0.2) is 0 Å². The minimum Gasteiger partial charge on any atom is -0.117 e. The van der Waals surface area contributed by atoms with Crippen LogP contribution >= 0.6 is 11.6 Å². The lowest BCUT2D eigenvalue weighted by Gasteiger charge is -2.16. The first-order valence-electron chi connectivity index (χ1n) is 6.05. The van der Waals surface area contributed by atoms with Crippen LogP contribution in [0.25, 0.3) is 0 Å². The highest BCUT2D eigenvalue weighted by Crippen LogP contribution is 2.52. The van der Waals surface area contributed by atoms with Gasteiger partial charge in [-0.3, -0.25) is 0 Å². The van der Waals surface area contributed by atoms with E-state index in [-0.39, 0.29) is 5.38 Å². The molecule has 0 bridgehead atoms. The standard InChI is InChI=1S/C14H17Cl/c1-9-11-7-3-2-5-10-6-4-8-12(13(10)11)14(9)15/h4,6,8-9,11,14H,2-3,5,7H2,1H3. The third kappa shape index (κ3) is 1.34. The van der Waals surface area contributed by atoms with E-state index in [0.717, 1.165) is 5.92 Å². The van der Waals surface area contributed by atoms with Gasteiger partial charge in [-0.05, 0) is 47.8 Å². The van der Waals surface area contributed by atoms with Crippen molar-refractivity contribution >= 4 is 11.6 Å². The fraction of sp³-hybridized carbons (Fsp3) is 0.571. The van der Waals surface area contributed by atoms with E-state index in [2.05, 4.69) is 25.1 Å². The van der Waals surface area contributed by atoms with Crippen LogP contribution < -0.4 is 0 Å². The van der Waals surface area contributed by atoms with Gasteiger partial charge in [0.2, 0.25) is 0 Å². The minimum atomic E-state index is 0.253. The van der Waals surface area contributed by atoms with E-state index in [1.165, 1.54) is 31.2 Å². The summed E-state index contributed by atoms with van der Waals surface area (Å²) in [6.45, 7) is 2.32. The Labute approximate surface area is 96.6 Å². The van der Waals surface area contributed by atoms with Crippen molar-refractivity contribution in [2.24, 2.45) is 5.92 Å². The average Bonchev–Trinajstić information content (AvgIpc) is 2.45. The summed E-state index contributed by atoms with van der Waals surface area (Å²) in [5.74, 6) is 1.36. The van der Waals surface area contributed by atoms with Crippen molar-refractivity contribution in [1.29, 1.82) is 0 Å². The first kappa shape index (κ1) is 9.72. The molecule has 0 aromatic heterocycles. The number of benzene rings is 1. The number of hydrogen-bond acceptors (Lipinski definition) is 0. The van der Waals surface area contributed by atoms with Crippen LogP contribution in [0.1, 0.15) is 54.2 Å². The zero-order valence-electron chi connectivity index (χ0n) is 9.17. The zero-order valence-corrected chi connectivity index (χ0v) is 9.93. The molecule has 0 nitrogen and oxygen atoms in total. The van der Waals surface area contributed by atoms with E-state index in [0.29, 0.717) is 5.92 Å². The summed E-state index contributed by atoms with van der Waals surface area (Å²) >= 11 is 6.52. The van der Waals surface area contributed by atoms with Crippen molar-refractivity contribution in [3.05, 3.63) is 34.9 Å². The summed E-state index contributed by atoms with van der Waals surface area (Å²) in [6, 6.07) is 6.72. The predicted octanol–water partition coefficient (Wildman–Crippen LogP) is 4.43. The molecule has 3 rings (SSSR count). The molecule has 15 heavy (non-hydrogen) atoms. The van der Waals surface area contributed by atoms with E-state index >= 15 is 0 Å². The summed E-state index contributed by atoms with van der Waals surface area (Å²) < 4.78 is 0. The van der Waals surface area contributed by atoms with Crippen molar-refractivity contribution in [2.45, 2.75) is 43.9 Å². The van der Waals surface area contributed by atoms with Gasteiger partial charge >= 0.3 is 0 Å². The second-order valence-electron chi connectivity index (χ2n) is 5.03. The largest absolute Gasteiger partial charge is 0.117 e. The van der Waals surface area contributed by atoms with E-state index in [1.54, 1.807) is 11.1 Å². The van der Waals surface area contributed by atoms with E-state index in [9.17, 15) is 0 Å². The first-order valence-corrected chi connectivity index (χ1v) is 6.48. The van der Waals surface area contributed by atoms with Gasteiger partial charge in [0.15, 0.2) is 0 Å². The smallest absolute Gasteiger partial charge is 0.0619 e. The highest BCUT2D eigenvalue weighted by molar-refractivity contribution is 6.21. The summed E-state index contributed by atoms with van der Waals surface area (Å²) in [6.07, 6.45) is 5.32. The maximum absolute atomic E-state index is 6.52. The normalized spacial score (nSPS) is 33.6. The SMILES string of the molecule is CC1C(Cl)c2cccc3c2C1CCCC3. The molecule has 3 atom stereocenters. The maximum Gasteiger partial charge on any atom is 0.0619 e. The second kappa shape index (κ2) is 3.52. The Balaban J connectivity index is 2.19. The zero-order chi connectivity index (χ0) is 10.4. The Morgan fingerprint density at radius 3 is 3.00 bits per heavy atom. The highest BCUT2D eigenvalue weighted by Gasteiger charge is 2.38. The Morgan fingerprint density at radius 1 is 1.27 bits per heavy atom. The van der Waals surface area contributed by atoms with Crippen LogP contribution in [0.4, 0.5) is 0 Å². The first-order chi connectivity index (χ1) is 7.29. The molecule has 0 amide bonds. The Kier molecular flexibility index (Phi) is 2.28. The van der Waals surface area contributed by atoms with Gasteiger partial charge in [0.1, 0.15) is 0 Å². The molecular formula is C14H17Cl. The molecule has 1 heteroatoms.